The summed E-state index contributed by atoms with van der Waals surface area (Å²) in [6.45, 7) is 0. The van der Waals surface area contributed by atoms with Crippen LogP contribution in [0.1, 0.15) is 37.5 Å². The smallest absolute Gasteiger partial charge is 0.248 e. The van der Waals surface area contributed by atoms with E-state index < -0.39 is 5.92 Å². The summed E-state index contributed by atoms with van der Waals surface area (Å²) < 4.78 is 32.5. The van der Waals surface area contributed by atoms with E-state index in [0.717, 1.165) is 16.7 Å². The maximum Gasteiger partial charge on any atom is 0.248 e. The van der Waals surface area contributed by atoms with E-state index in [9.17, 15) is 8.78 Å². The zero-order chi connectivity index (χ0) is 15.0. The Kier molecular flexibility index (Phi) is 3.93. The SMILES string of the molecule is CNC(c1cc2cc(Cl)ccc2o1)C1CCC(F)(F)CC1. The molecule has 1 aromatic heterocycles. The van der Waals surface area contributed by atoms with Crippen LogP contribution < -0.4 is 5.32 Å². The van der Waals surface area contributed by atoms with Gasteiger partial charge in [0.05, 0.1) is 6.04 Å². The quantitative estimate of drug-likeness (QED) is 0.845. The lowest BCUT2D eigenvalue weighted by molar-refractivity contribution is -0.0502. The highest BCUT2D eigenvalue weighted by Gasteiger charge is 2.38. The standard InChI is InChI=1S/C16H18ClF2NO/c1-20-15(10-4-6-16(18,19)7-5-10)14-9-11-8-12(17)2-3-13(11)21-14/h2-3,8-10,15,20H,4-7H2,1H3. The molecule has 2 nitrogen and oxygen atoms in total. The second-order valence-electron chi connectivity index (χ2n) is 5.79. The maximum atomic E-state index is 13.3. The fourth-order valence-electron chi connectivity index (χ4n) is 3.19. The van der Waals surface area contributed by atoms with Crippen LogP contribution in [0.2, 0.25) is 5.02 Å². The third-order valence-corrected chi connectivity index (χ3v) is 4.58. The van der Waals surface area contributed by atoms with Crippen LogP contribution in [0, 0.1) is 5.92 Å². The van der Waals surface area contributed by atoms with Crippen LogP contribution >= 0.6 is 11.6 Å². The van der Waals surface area contributed by atoms with Crippen molar-refractivity contribution in [2.75, 3.05) is 7.05 Å². The minimum atomic E-state index is -2.50. The summed E-state index contributed by atoms with van der Waals surface area (Å²) in [7, 11) is 1.84. The molecule has 1 atom stereocenters. The molecule has 21 heavy (non-hydrogen) atoms. The van der Waals surface area contributed by atoms with E-state index in [1.807, 2.05) is 25.2 Å². The topological polar surface area (TPSA) is 25.2 Å². The van der Waals surface area contributed by atoms with E-state index in [0.29, 0.717) is 17.9 Å². The van der Waals surface area contributed by atoms with Crippen molar-refractivity contribution in [3.8, 4) is 0 Å². The normalized spacial score (nSPS) is 20.8. The molecule has 1 unspecified atom stereocenters. The lowest BCUT2D eigenvalue weighted by Crippen LogP contribution is -2.32. The summed E-state index contributed by atoms with van der Waals surface area (Å²) in [6.07, 6.45) is 0.941. The van der Waals surface area contributed by atoms with Gasteiger partial charge in [-0.3, -0.25) is 0 Å². The van der Waals surface area contributed by atoms with E-state index in [4.69, 9.17) is 16.0 Å². The van der Waals surface area contributed by atoms with Crippen LogP contribution in [0.5, 0.6) is 0 Å². The van der Waals surface area contributed by atoms with E-state index in [2.05, 4.69) is 5.32 Å². The Balaban J connectivity index is 1.84. The maximum absolute atomic E-state index is 13.3. The Morgan fingerprint density at radius 1 is 1.29 bits per heavy atom. The average Bonchev–Trinajstić information content (AvgIpc) is 2.84. The number of hydrogen-bond acceptors (Lipinski definition) is 2. The van der Waals surface area contributed by atoms with Crippen LogP contribution in [0.15, 0.2) is 28.7 Å². The van der Waals surface area contributed by atoms with Gasteiger partial charge in [0.2, 0.25) is 5.92 Å². The number of halogens is 3. The first-order chi connectivity index (χ1) is 9.98. The predicted molar refractivity (Wildman–Crippen MR) is 79.9 cm³/mol. The summed E-state index contributed by atoms with van der Waals surface area (Å²) in [5, 5.41) is 4.82. The zero-order valence-corrected chi connectivity index (χ0v) is 12.6. The van der Waals surface area contributed by atoms with E-state index in [-0.39, 0.29) is 24.8 Å². The molecule has 1 saturated carbocycles. The van der Waals surface area contributed by atoms with Crippen molar-refractivity contribution in [3.05, 3.63) is 35.0 Å². The van der Waals surface area contributed by atoms with Gasteiger partial charge in [-0.2, -0.15) is 0 Å². The Labute approximate surface area is 127 Å². The summed E-state index contributed by atoms with van der Waals surface area (Å²) in [4.78, 5) is 0. The van der Waals surface area contributed by atoms with Gasteiger partial charge in [0.1, 0.15) is 11.3 Å². The van der Waals surface area contributed by atoms with E-state index in [1.54, 1.807) is 6.07 Å². The van der Waals surface area contributed by atoms with Gasteiger partial charge >= 0.3 is 0 Å². The summed E-state index contributed by atoms with van der Waals surface area (Å²) in [5.41, 5.74) is 0.774. The molecule has 0 spiro atoms. The third-order valence-electron chi connectivity index (χ3n) is 4.35. The first kappa shape index (κ1) is 14.8. The number of alkyl halides is 2. The van der Waals surface area contributed by atoms with Gasteiger partial charge < -0.3 is 9.73 Å². The van der Waals surface area contributed by atoms with Gasteiger partial charge in [-0.05, 0) is 50.1 Å². The van der Waals surface area contributed by atoms with Crippen LogP contribution in [0.4, 0.5) is 8.78 Å². The van der Waals surface area contributed by atoms with Crippen molar-refractivity contribution in [3.63, 3.8) is 0 Å². The predicted octanol–water partition coefficient (Wildman–Crippen LogP) is 5.17. The highest BCUT2D eigenvalue weighted by atomic mass is 35.5. The second kappa shape index (κ2) is 5.58. The lowest BCUT2D eigenvalue weighted by atomic mass is 9.81. The minimum absolute atomic E-state index is 0.0349. The fourth-order valence-corrected chi connectivity index (χ4v) is 3.37. The molecule has 1 aromatic carbocycles. The van der Waals surface area contributed by atoms with Gasteiger partial charge in [-0.25, -0.2) is 8.78 Å². The van der Waals surface area contributed by atoms with Crippen molar-refractivity contribution in [1.82, 2.24) is 5.32 Å². The molecule has 0 amide bonds. The molecular formula is C16H18ClF2NO. The molecule has 1 N–H and O–H groups in total. The molecule has 0 aliphatic heterocycles. The van der Waals surface area contributed by atoms with Crippen molar-refractivity contribution in [1.29, 1.82) is 0 Å². The van der Waals surface area contributed by atoms with Crippen LogP contribution in [-0.2, 0) is 0 Å². The minimum Gasteiger partial charge on any atom is -0.459 e. The first-order valence-electron chi connectivity index (χ1n) is 7.22. The molecule has 1 heterocycles. The molecular weight excluding hydrogens is 296 g/mol. The number of rotatable bonds is 3. The third kappa shape index (κ3) is 3.06. The molecule has 0 saturated heterocycles. The number of nitrogens with one attached hydrogen (secondary N) is 1. The molecule has 114 valence electrons. The van der Waals surface area contributed by atoms with Crippen molar-refractivity contribution < 1.29 is 13.2 Å². The molecule has 0 radical (unpaired) electrons. The van der Waals surface area contributed by atoms with Gasteiger partial charge in [0.15, 0.2) is 0 Å². The highest BCUT2D eigenvalue weighted by molar-refractivity contribution is 6.31. The van der Waals surface area contributed by atoms with Gasteiger partial charge in [-0.1, -0.05) is 11.6 Å². The molecule has 1 aliphatic rings. The summed E-state index contributed by atoms with van der Waals surface area (Å²) >= 11 is 5.98. The van der Waals surface area contributed by atoms with E-state index in [1.165, 1.54) is 0 Å². The summed E-state index contributed by atoms with van der Waals surface area (Å²) in [5.74, 6) is -1.54. The van der Waals surface area contributed by atoms with Crippen LogP contribution in [-0.4, -0.2) is 13.0 Å². The molecule has 0 bridgehead atoms. The Morgan fingerprint density at radius 2 is 2.00 bits per heavy atom. The average molecular weight is 314 g/mol. The molecule has 5 heteroatoms. The van der Waals surface area contributed by atoms with Crippen LogP contribution in [0.3, 0.4) is 0 Å². The van der Waals surface area contributed by atoms with Gasteiger partial charge in [0, 0.05) is 23.3 Å². The van der Waals surface area contributed by atoms with Gasteiger partial charge in [0.25, 0.3) is 0 Å². The molecule has 1 fully saturated rings. The second-order valence-corrected chi connectivity index (χ2v) is 6.23. The lowest BCUT2D eigenvalue weighted by Gasteiger charge is -2.32. The Hall–Kier alpha value is -1.13. The Morgan fingerprint density at radius 3 is 2.67 bits per heavy atom. The Bertz CT molecular complexity index is 630. The van der Waals surface area contributed by atoms with Crippen molar-refractivity contribution in [2.45, 2.75) is 37.6 Å². The number of hydrogen-bond donors (Lipinski definition) is 1. The van der Waals surface area contributed by atoms with Crippen molar-refractivity contribution in [2.24, 2.45) is 5.92 Å². The van der Waals surface area contributed by atoms with Gasteiger partial charge in [-0.15, -0.1) is 0 Å². The largest absolute Gasteiger partial charge is 0.459 e. The first-order valence-corrected chi connectivity index (χ1v) is 7.60. The molecule has 3 rings (SSSR count). The molecule has 1 aliphatic carbocycles. The van der Waals surface area contributed by atoms with Crippen molar-refractivity contribution >= 4 is 22.6 Å². The summed E-state index contributed by atoms with van der Waals surface area (Å²) in [6, 6.07) is 7.39. The highest BCUT2D eigenvalue weighted by Crippen LogP contribution is 2.42. The number of benzene rings is 1. The van der Waals surface area contributed by atoms with Crippen LogP contribution in [0.25, 0.3) is 11.0 Å². The monoisotopic (exact) mass is 313 g/mol. The number of fused-ring (bicyclic) bond motifs is 1. The fraction of sp³-hybridized carbons (Fsp3) is 0.500. The number of furan rings is 1. The molecule has 2 aromatic rings. The van der Waals surface area contributed by atoms with E-state index >= 15 is 0 Å². The zero-order valence-electron chi connectivity index (χ0n) is 11.8.